The van der Waals surface area contributed by atoms with Crippen LogP contribution in [0.1, 0.15) is 36.4 Å². The van der Waals surface area contributed by atoms with Crippen molar-refractivity contribution in [2.24, 2.45) is 0 Å². The standard InChI is InChI=1S/C15H14ClN3O2/c1-9-14(19(20)21)13(18-15(16)17-9)12-7-3-6-11(8-12)10-4-2-5-10/h3,6-8,10H,2,4-5H2,1H3. The first kappa shape index (κ1) is 13.9. The van der Waals surface area contributed by atoms with Gasteiger partial charge in [-0.05, 0) is 48.9 Å². The number of rotatable bonds is 3. The van der Waals surface area contributed by atoms with Crippen molar-refractivity contribution in [1.82, 2.24) is 9.97 Å². The van der Waals surface area contributed by atoms with Gasteiger partial charge in [0.2, 0.25) is 5.28 Å². The average molecular weight is 304 g/mol. The number of hydrogen-bond donors (Lipinski definition) is 0. The lowest BCUT2D eigenvalue weighted by atomic mass is 9.79. The Morgan fingerprint density at radius 3 is 2.71 bits per heavy atom. The van der Waals surface area contributed by atoms with E-state index in [9.17, 15) is 10.1 Å². The normalized spacial score (nSPS) is 14.8. The van der Waals surface area contributed by atoms with Gasteiger partial charge in [0.25, 0.3) is 0 Å². The maximum absolute atomic E-state index is 11.3. The van der Waals surface area contributed by atoms with Gasteiger partial charge in [-0.25, -0.2) is 9.97 Å². The highest BCUT2D eigenvalue weighted by atomic mass is 35.5. The van der Waals surface area contributed by atoms with E-state index < -0.39 is 4.92 Å². The Morgan fingerprint density at radius 1 is 1.33 bits per heavy atom. The summed E-state index contributed by atoms with van der Waals surface area (Å²) in [6.45, 7) is 1.57. The van der Waals surface area contributed by atoms with Crippen LogP contribution < -0.4 is 0 Å². The number of nitro groups is 1. The van der Waals surface area contributed by atoms with E-state index in [0.29, 0.717) is 11.6 Å². The highest BCUT2D eigenvalue weighted by Crippen LogP contribution is 2.39. The fourth-order valence-corrected chi connectivity index (χ4v) is 2.85. The molecule has 1 aliphatic carbocycles. The van der Waals surface area contributed by atoms with Gasteiger partial charge < -0.3 is 0 Å². The number of hydrogen-bond acceptors (Lipinski definition) is 4. The molecule has 6 heteroatoms. The Bertz CT molecular complexity index is 714. The zero-order valence-electron chi connectivity index (χ0n) is 11.5. The topological polar surface area (TPSA) is 68.9 Å². The third-order valence-electron chi connectivity index (χ3n) is 3.95. The minimum atomic E-state index is -0.447. The largest absolute Gasteiger partial charge is 0.316 e. The molecule has 21 heavy (non-hydrogen) atoms. The maximum Gasteiger partial charge on any atom is 0.316 e. The van der Waals surface area contributed by atoms with Crippen LogP contribution in [-0.2, 0) is 0 Å². The molecule has 3 rings (SSSR count). The lowest BCUT2D eigenvalue weighted by molar-refractivity contribution is -0.385. The minimum absolute atomic E-state index is 0.0298. The third kappa shape index (κ3) is 2.61. The first-order valence-electron chi connectivity index (χ1n) is 6.85. The predicted molar refractivity (Wildman–Crippen MR) is 80.5 cm³/mol. The van der Waals surface area contributed by atoms with Crippen molar-refractivity contribution in [2.75, 3.05) is 0 Å². The molecule has 0 atom stereocenters. The van der Waals surface area contributed by atoms with E-state index in [1.807, 2.05) is 18.2 Å². The maximum atomic E-state index is 11.3. The quantitative estimate of drug-likeness (QED) is 0.482. The van der Waals surface area contributed by atoms with Crippen LogP contribution in [0.3, 0.4) is 0 Å². The molecule has 1 saturated carbocycles. The van der Waals surface area contributed by atoms with Gasteiger partial charge in [0.15, 0.2) is 5.69 Å². The zero-order valence-corrected chi connectivity index (χ0v) is 12.3. The SMILES string of the molecule is Cc1nc(Cl)nc(-c2cccc(C3CCC3)c2)c1[N+](=O)[O-]. The molecular weight excluding hydrogens is 290 g/mol. The minimum Gasteiger partial charge on any atom is -0.258 e. The van der Waals surface area contributed by atoms with E-state index in [1.165, 1.54) is 24.8 Å². The monoisotopic (exact) mass is 303 g/mol. The smallest absolute Gasteiger partial charge is 0.258 e. The van der Waals surface area contributed by atoms with E-state index in [0.717, 1.165) is 5.56 Å². The summed E-state index contributed by atoms with van der Waals surface area (Å²) >= 11 is 5.87. The lowest BCUT2D eigenvalue weighted by Gasteiger charge is -2.26. The second-order valence-electron chi connectivity index (χ2n) is 5.29. The first-order valence-corrected chi connectivity index (χ1v) is 7.23. The number of benzene rings is 1. The van der Waals surface area contributed by atoms with Crippen LogP contribution in [0.25, 0.3) is 11.3 Å². The number of aromatic nitrogens is 2. The molecule has 0 unspecified atom stereocenters. The van der Waals surface area contributed by atoms with Crippen molar-refractivity contribution in [3.63, 3.8) is 0 Å². The van der Waals surface area contributed by atoms with E-state index in [-0.39, 0.29) is 16.7 Å². The molecule has 5 nitrogen and oxygen atoms in total. The molecule has 2 aromatic rings. The zero-order chi connectivity index (χ0) is 15.0. The summed E-state index contributed by atoms with van der Waals surface area (Å²) in [5.74, 6) is 0.558. The molecule has 0 radical (unpaired) electrons. The van der Waals surface area contributed by atoms with Crippen molar-refractivity contribution in [1.29, 1.82) is 0 Å². The van der Waals surface area contributed by atoms with Gasteiger partial charge in [-0.1, -0.05) is 24.6 Å². The highest BCUT2D eigenvalue weighted by molar-refractivity contribution is 6.28. The molecule has 0 amide bonds. The van der Waals surface area contributed by atoms with Crippen LogP contribution in [0.2, 0.25) is 5.28 Å². The van der Waals surface area contributed by atoms with Gasteiger partial charge in [-0.3, -0.25) is 10.1 Å². The molecule has 1 heterocycles. The van der Waals surface area contributed by atoms with Crippen molar-refractivity contribution < 1.29 is 4.92 Å². The Morgan fingerprint density at radius 2 is 2.10 bits per heavy atom. The molecular formula is C15H14ClN3O2. The molecule has 1 aliphatic rings. The van der Waals surface area contributed by atoms with Gasteiger partial charge >= 0.3 is 5.69 Å². The number of halogens is 1. The van der Waals surface area contributed by atoms with Gasteiger partial charge in [0.1, 0.15) is 5.69 Å². The second-order valence-corrected chi connectivity index (χ2v) is 5.62. The van der Waals surface area contributed by atoms with Crippen molar-refractivity contribution in [3.8, 4) is 11.3 Å². The summed E-state index contributed by atoms with van der Waals surface area (Å²) in [5.41, 5.74) is 2.42. The molecule has 0 spiro atoms. The third-order valence-corrected chi connectivity index (χ3v) is 4.12. The van der Waals surface area contributed by atoms with E-state index >= 15 is 0 Å². The Labute approximate surface area is 127 Å². The highest BCUT2D eigenvalue weighted by Gasteiger charge is 2.24. The van der Waals surface area contributed by atoms with Gasteiger partial charge in [-0.15, -0.1) is 0 Å². The fourth-order valence-electron chi connectivity index (χ4n) is 2.63. The van der Waals surface area contributed by atoms with Crippen LogP contribution in [-0.4, -0.2) is 14.9 Å². The summed E-state index contributed by atoms with van der Waals surface area (Å²) in [6.07, 6.45) is 3.59. The molecule has 108 valence electrons. The lowest BCUT2D eigenvalue weighted by Crippen LogP contribution is -2.08. The average Bonchev–Trinajstić information content (AvgIpc) is 2.35. The van der Waals surface area contributed by atoms with Crippen molar-refractivity contribution in [3.05, 3.63) is 50.9 Å². The predicted octanol–water partition coefficient (Wildman–Crippen LogP) is 4.28. The first-order chi connectivity index (χ1) is 10.1. The van der Waals surface area contributed by atoms with Crippen LogP contribution in [0, 0.1) is 17.0 Å². The molecule has 1 fully saturated rings. The van der Waals surface area contributed by atoms with Gasteiger partial charge in [0.05, 0.1) is 4.92 Å². The fraction of sp³-hybridized carbons (Fsp3) is 0.333. The van der Waals surface area contributed by atoms with Crippen LogP contribution in [0.5, 0.6) is 0 Å². The Balaban J connectivity index is 2.13. The molecule has 0 aliphatic heterocycles. The Kier molecular flexibility index (Phi) is 3.59. The summed E-state index contributed by atoms with van der Waals surface area (Å²) in [5, 5.41) is 11.3. The van der Waals surface area contributed by atoms with Crippen molar-refractivity contribution >= 4 is 17.3 Å². The molecule has 1 aromatic carbocycles. The number of nitrogens with zero attached hydrogens (tertiary/aromatic N) is 3. The Hall–Kier alpha value is -2.01. The van der Waals surface area contributed by atoms with Gasteiger partial charge in [-0.2, -0.15) is 0 Å². The van der Waals surface area contributed by atoms with E-state index in [1.54, 1.807) is 6.92 Å². The molecule has 0 N–H and O–H groups in total. The summed E-state index contributed by atoms with van der Waals surface area (Å²) in [7, 11) is 0. The molecule has 0 bridgehead atoms. The van der Waals surface area contributed by atoms with Gasteiger partial charge in [0, 0.05) is 5.56 Å². The molecule has 1 aromatic heterocycles. The van der Waals surface area contributed by atoms with E-state index in [2.05, 4.69) is 16.0 Å². The van der Waals surface area contributed by atoms with Crippen LogP contribution in [0.4, 0.5) is 5.69 Å². The molecule has 0 saturated heterocycles. The number of aryl methyl sites for hydroxylation is 1. The second kappa shape index (κ2) is 5.41. The van der Waals surface area contributed by atoms with Crippen molar-refractivity contribution in [2.45, 2.75) is 32.1 Å². The summed E-state index contributed by atoms with van der Waals surface area (Å²) in [6, 6.07) is 7.79. The summed E-state index contributed by atoms with van der Waals surface area (Å²) in [4.78, 5) is 18.8. The summed E-state index contributed by atoms with van der Waals surface area (Å²) < 4.78 is 0. The van der Waals surface area contributed by atoms with Crippen LogP contribution in [0.15, 0.2) is 24.3 Å². The van der Waals surface area contributed by atoms with Crippen LogP contribution >= 0.6 is 11.6 Å². The van der Waals surface area contributed by atoms with E-state index in [4.69, 9.17) is 11.6 Å².